The van der Waals surface area contributed by atoms with Crippen molar-refractivity contribution >= 4 is 17.4 Å². The molecule has 144 valence electrons. The average Bonchev–Trinajstić information content (AvgIpc) is 2.67. The summed E-state index contributed by atoms with van der Waals surface area (Å²) in [5, 5.41) is 5.65. The van der Waals surface area contributed by atoms with Crippen molar-refractivity contribution in [2.24, 2.45) is 0 Å². The minimum absolute atomic E-state index is 0.0992. The van der Waals surface area contributed by atoms with Crippen LogP contribution in [0, 0.1) is 6.92 Å². The number of nitrogens with one attached hydrogen (secondary N) is 2. The number of aryl methyl sites for hydroxylation is 1. The molecule has 2 N–H and O–H groups in total. The van der Waals surface area contributed by atoms with E-state index in [-0.39, 0.29) is 11.4 Å². The first-order valence-corrected chi connectivity index (χ1v) is 8.42. The predicted molar refractivity (Wildman–Crippen MR) is 99.9 cm³/mol. The van der Waals surface area contributed by atoms with E-state index in [1.54, 1.807) is 0 Å². The fourth-order valence-electron chi connectivity index (χ4n) is 2.51. The van der Waals surface area contributed by atoms with Gasteiger partial charge in [0.2, 0.25) is 0 Å². The molecule has 0 spiro atoms. The van der Waals surface area contributed by atoms with Crippen LogP contribution in [0.2, 0.25) is 0 Å². The van der Waals surface area contributed by atoms with Gasteiger partial charge in [-0.3, -0.25) is 4.79 Å². The highest BCUT2D eigenvalue weighted by Crippen LogP contribution is 2.29. The monoisotopic (exact) mass is 386 g/mol. The van der Waals surface area contributed by atoms with Crippen LogP contribution in [0.15, 0.2) is 60.9 Å². The third-order valence-electron chi connectivity index (χ3n) is 4.09. The number of rotatable bonds is 5. The van der Waals surface area contributed by atoms with Crippen molar-refractivity contribution < 1.29 is 18.0 Å². The van der Waals surface area contributed by atoms with E-state index in [9.17, 15) is 18.0 Å². The van der Waals surface area contributed by atoms with Gasteiger partial charge in [-0.05, 0) is 42.3 Å². The Labute approximate surface area is 159 Å². The van der Waals surface area contributed by atoms with E-state index in [2.05, 4.69) is 20.6 Å². The molecular formula is C20H17F3N4O. The Hall–Kier alpha value is -3.42. The van der Waals surface area contributed by atoms with Gasteiger partial charge in [0.05, 0.1) is 5.56 Å². The van der Waals surface area contributed by atoms with Crippen molar-refractivity contribution in [3.63, 3.8) is 0 Å². The quantitative estimate of drug-likeness (QED) is 0.669. The molecule has 0 bridgehead atoms. The molecule has 0 unspecified atom stereocenters. The summed E-state index contributed by atoms with van der Waals surface area (Å²) in [6.45, 7) is 2.53. The molecule has 28 heavy (non-hydrogen) atoms. The Balaban J connectivity index is 1.66. The lowest BCUT2D eigenvalue weighted by molar-refractivity contribution is -0.137. The molecule has 2 aromatic carbocycles. The maximum Gasteiger partial charge on any atom is 0.416 e. The molecule has 1 heterocycles. The molecule has 1 aromatic heterocycles. The minimum Gasteiger partial charge on any atom is -0.366 e. The molecule has 0 fully saturated rings. The molecule has 1 amide bonds. The number of benzene rings is 2. The van der Waals surface area contributed by atoms with Gasteiger partial charge in [0, 0.05) is 18.3 Å². The first kappa shape index (κ1) is 19.3. The van der Waals surface area contributed by atoms with Crippen LogP contribution in [0.3, 0.4) is 0 Å². The van der Waals surface area contributed by atoms with E-state index >= 15 is 0 Å². The number of halogens is 3. The molecule has 0 atom stereocenters. The average molecular weight is 386 g/mol. The van der Waals surface area contributed by atoms with E-state index < -0.39 is 17.6 Å². The highest BCUT2D eigenvalue weighted by molar-refractivity contribution is 6.03. The largest absolute Gasteiger partial charge is 0.416 e. The predicted octanol–water partition coefficient (Wildman–Crippen LogP) is 4.67. The highest BCUT2D eigenvalue weighted by Gasteiger charge is 2.30. The van der Waals surface area contributed by atoms with Crippen molar-refractivity contribution in [2.45, 2.75) is 19.6 Å². The summed E-state index contributed by atoms with van der Waals surface area (Å²) < 4.78 is 37.8. The summed E-state index contributed by atoms with van der Waals surface area (Å²) in [7, 11) is 0. The van der Waals surface area contributed by atoms with Crippen molar-refractivity contribution in [3.8, 4) is 0 Å². The number of carbonyl (C=O) groups excluding carboxylic acids is 1. The van der Waals surface area contributed by atoms with Gasteiger partial charge in [0.15, 0.2) is 0 Å². The van der Waals surface area contributed by atoms with Gasteiger partial charge in [0.1, 0.15) is 17.8 Å². The highest BCUT2D eigenvalue weighted by atomic mass is 19.4. The lowest BCUT2D eigenvalue weighted by Gasteiger charge is -2.10. The summed E-state index contributed by atoms with van der Waals surface area (Å²) in [4.78, 5) is 20.3. The van der Waals surface area contributed by atoms with Gasteiger partial charge in [-0.2, -0.15) is 13.2 Å². The third kappa shape index (κ3) is 4.85. The third-order valence-corrected chi connectivity index (χ3v) is 4.09. The summed E-state index contributed by atoms with van der Waals surface area (Å²) in [5.41, 5.74) is 1.78. The number of carbonyl (C=O) groups is 1. The number of hydrogen-bond donors (Lipinski definition) is 2. The second-order valence-electron chi connectivity index (χ2n) is 6.10. The summed E-state index contributed by atoms with van der Waals surface area (Å²) in [6.07, 6.45) is -3.17. The SMILES string of the molecule is Cc1ccccc1CNc1cc(C(=O)Nc2ccc(C(F)(F)F)cc2)ncn1. The molecule has 0 saturated carbocycles. The maximum atomic E-state index is 12.6. The molecule has 3 rings (SSSR count). The van der Waals surface area contributed by atoms with Crippen LogP contribution >= 0.6 is 0 Å². The van der Waals surface area contributed by atoms with E-state index in [4.69, 9.17) is 0 Å². The Morgan fingerprint density at radius 1 is 1.04 bits per heavy atom. The number of amides is 1. The Kier molecular flexibility index (Phi) is 5.58. The molecule has 3 aromatic rings. The first-order chi connectivity index (χ1) is 13.3. The second kappa shape index (κ2) is 8.08. The maximum absolute atomic E-state index is 12.6. The fraction of sp³-hybridized carbons (Fsp3) is 0.150. The topological polar surface area (TPSA) is 66.9 Å². The zero-order chi connectivity index (χ0) is 20.1. The number of hydrogen-bond acceptors (Lipinski definition) is 4. The van der Waals surface area contributed by atoms with E-state index in [1.807, 2.05) is 31.2 Å². The lowest BCUT2D eigenvalue weighted by atomic mass is 10.1. The normalized spacial score (nSPS) is 11.1. The van der Waals surface area contributed by atoms with Crippen LogP contribution in [0.25, 0.3) is 0 Å². The molecule has 8 heteroatoms. The van der Waals surface area contributed by atoms with Gasteiger partial charge >= 0.3 is 6.18 Å². The zero-order valence-electron chi connectivity index (χ0n) is 14.9. The first-order valence-electron chi connectivity index (χ1n) is 8.42. The van der Waals surface area contributed by atoms with Gasteiger partial charge in [-0.25, -0.2) is 9.97 Å². The summed E-state index contributed by atoms with van der Waals surface area (Å²) >= 11 is 0. The van der Waals surface area contributed by atoms with Crippen molar-refractivity contribution in [2.75, 3.05) is 10.6 Å². The second-order valence-corrected chi connectivity index (χ2v) is 6.10. The number of nitrogens with zero attached hydrogens (tertiary/aromatic N) is 2. The van der Waals surface area contributed by atoms with Gasteiger partial charge in [0.25, 0.3) is 5.91 Å². The molecule has 0 saturated heterocycles. The molecule has 0 aliphatic rings. The van der Waals surface area contributed by atoms with E-state index in [0.29, 0.717) is 12.4 Å². The van der Waals surface area contributed by atoms with Crippen molar-refractivity contribution in [1.29, 1.82) is 0 Å². The number of aromatic nitrogens is 2. The fourth-order valence-corrected chi connectivity index (χ4v) is 2.51. The summed E-state index contributed by atoms with van der Waals surface area (Å²) in [5.74, 6) is -0.0723. The molecule has 0 aliphatic carbocycles. The van der Waals surface area contributed by atoms with Gasteiger partial charge in [-0.1, -0.05) is 24.3 Å². The smallest absolute Gasteiger partial charge is 0.366 e. The minimum atomic E-state index is -4.42. The van der Waals surface area contributed by atoms with Gasteiger partial charge in [-0.15, -0.1) is 0 Å². The number of alkyl halides is 3. The van der Waals surface area contributed by atoms with Crippen LogP contribution in [0.4, 0.5) is 24.7 Å². The van der Waals surface area contributed by atoms with Crippen LogP contribution < -0.4 is 10.6 Å². The zero-order valence-corrected chi connectivity index (χ0v) is 14.9. The molecule has 5 nitrogen and oxygen atoms in total. The Bertz CT molecular complexity index is 972. The van der Waals surface area contributed by atoms with Crippen LogP contribution in [-0.2, 0) is 12.7 Å². The van der Waals surface area contributed by atoms with Crippen molar-refractivity contribution in [1.82, 2.24) is 9.97 Å². The lowest BCUT2D eigenvalue weighted by Crippen LogP contribution is -2.15. The van der Waals surface area contributed by atoms with Crippen LogP contribution in [0.1, 0.15) is 27.2 Å². The Morgan fingerprint density at radius 3 is 2.43 bits per heavy atom. The van der Waals surface area contributed by atoms with Crippen LogP contribution in [-0.4, -0.2) is 15.9 Å². The van der Waals surface area contributed by atoms with E-state index in [0.717, 1.165) is 23.3 Å². The standard InChI is InChI=1S/C20H17F3N4O/c1-13-4-2-3-5-14(13)11-24-18-10-17(25-12-26-18)19(28)27-16-8-6-15(7-9-16)20(21,22)23/h2-10,12H,11H2,1H3,(H,27,28)(H,24,25,26). The molecule has 0 aliphatic heterocycles. The summed E-state index contributed by atoms with van der Waals surface area (Å²) in [6, 6.07) is 13.6. The van der Waals surface area contributed by atoms with Crippen LogP contribution in [0.5, 0.6) is 0 Å². The van der Waals surface area contributed by atoms with E-state index in [1.165, 1.54) is 24.5 Å². The van der Waals surface area contributed by atoms with Crippen molar-refractivity contribution in [3.05, 3.63) is 83.3 Å². The Morgan fingerprint density at radius 2 is 1.75 bits per heavy atom. The molecule has 0 radical (unpaired) electrons. The number of anilines is 2. The molecular weight excluding hydrogens is 369 g/mol. The van der Waals surface area contributed by atoms with Gasteiger partial charge < -0.3 is 10.6 Å².